The molecule has 2 aromatic carbocycles. The van der Waals surface area contributed by atoms with Gasteiger partial charge in [0.15, 0.2) is 0 Å². The lowest BCUT2D eigenvalue weighted by Crippen LogP contribution is -2.38. The van der Waals surface area contributed by atoms with Gasteiger partial charge in [-0.3, -0.25) is 9.69 Å². The molecule has 1 fully saturated rings. The maximum atomic E-state index is 12.5. The van der Waals surface area contributed by atoms with Crippen molar-refractivity contribution in [1.29, 1.82) is 0 Å². The number of carbonyl (C=O) groups is 1. The van der Waals surface area contributed by atoms with E-state index in [1.165, 1.54) is 31.5 Å². The van der Waals surface area contributed by atoms with Crippen LogP contribution in [0.4, 0.5) is 5.69 Å². The van der Waals surface area contributed by atoms with Gasteiger partial charge < -0.3 is 15.0 Å². The summed E-state index contributed by atoms with van der Waals surface area (Å²) in [6, 6.07) is 16.8. The maximum absolute atomic E-state index is 12.5. The highest BCUT2D eigenvalue weighted by atomic mass is 35.5. The van der Waals surface area contributed by atoms with E-state index < -0.39 is 0 Å². The molecule has 1 aliphatic rings. The zero-order valence-corrected chi connectivity index (χ0v) is 20.5. The molecule has 0 saturated carbocycles. The number of ether oxygens (including phenoxy) is 1. The highest BCUT2D eigenvalue weighted by molar-refractivity contribution is 5.94. The molecule has 32 heavy (non-hydrogen) atoms. The first-order valence-electron chi connectivity index (χ1n) is 11.6. The number of nitrogens with zero attached hydrogens (tertiary/aromatic N) is 2. The Morgan fingerprint density at radius 1 is 1.09 bits per heavy atom. The normalized spacial score (nSPS) is 14.5. The Balaban J connectivity index is 0.00000363. The monoisotopic (exact) mass is 459 g/mol. The van der Waals surface area contributed by atoms with E-state index in [1.807, 2.05) is 49.1 Å². The third-order valence-electron chi connectivity index (χ3n) is 6.28. The van der Waals surface area contributed by atoms with E-state index >= 15 is 0 Å². The maximum Gasteiger partial charge on any atom is 0.253 e. The highest BCUT2D eigenvalue weighted by Crippen LogP contribution is 2.20. The molecule has 1 N–H and O–H groups in total. The van der Waals surface area contributed by atoms with Crippen LogP contribution >= 0.6 is 12.4 Å². The minimum absolute atomic E-state index is 0. The van der Waals surface area contributed by atoms with E-state index in [-0.39, 0.29) is 18.3 Å². The number of nitrogens with one attached hydrogen (secondary N) is 1. The van der Waals surface area contributed by atoms with E-state index in [0.29, 0.717) is 6.04 Å². The van der Waals surface area contributed by atoms with Gasteiger partial charge in [0, 0.05) is 36.9 Å². The van der Waals surface area contributed by atoms with Crippen molar-refractivity contribution in [2.45, 2.75) is 45.6 Å². The molecular formula is C26H38ClN3O2. The van der Waals surface area contributed by atoms with Gasteiger partial charge >= 0.3 is 0 Å². The molecule has 1 aliphatic heterocycles. The standard InChI is InChI=1S/C26H37N3O2.ClH/c1-4-28(5-2)26(30)22-12-14-23(15-13-22)27-20-24(29-17-6-7-18-29)16-11-21-9-8-10-25(19-21)31-3;/h8-10,12-15,19,24,27H,4-7,11,16-18,20H2,1-3H3;1H. The molecule has 0 aliphatic carbocycles. The van der Waals surface area contributed by atoms with Crippen LogP contribution in [-0.2, 0) is 6.42 Å². The smallest absolute Gasteiger partial charge is 0.253 e. The third kappa shape index (κ3) is 7.14. The third-order valence-corrected chi connectivity index (χ3v) is 6.28. The minimum Gasteiger partial charge on any atom is -0.497 e. The van der Waals surface area contributed by atoms with Crippen LogP contribution in [0.15, 0.2) is 48.5 Å². The Labute approximate surface area is 199 Å². The Morgan fingerprint density at radius 3 is 2.41 bits per heavy atom. The Hall–Kier alpha value is -2.24. The summed E-state index contributed by atoms with van der Waals surface area (Å²) < 4.78 is 5.37. The second-order valence-corrected chi connectivity index (χ2v) is 8.22. The number of carbonyl (C=O) groups excluding carboxylic acids is 1. The van der Waals surface area contributed by atoms with Crippen LogP contribution in [-0.4, -0.2) is 61.6 Å². The van der Waals surface area contributed by atoms with Crippen LogP contribution in [0, 0.1) is 0 Å². The number of aryl methyl sites for hydroxylation is 1. The molecule has 2 aromatic rings. The van der Waals surface area contributed by atoms with Gasteiger partial charge in [-0.2, -0.15) is 0 Å². The van der Waals surface area contributed by atoms with E-state index in [4.69, 9.17) is 4.74 Å². The van der Waals surface area contributed by atoms with Crippen molar-refractivity contribution in [2.24, 2.45) is 0 Å². The number of halogens is 1. The van der Waals surface area contributed by atoms with Gasteiger partial charge in [-0.1, -0.05) is 12.1 Å². The summed E-state index contributed by atoms with van der Waals surface area (Å²) in [5.74, 6) is 1.03. The predicted molar refractivity (Wildman–Crippen MR) is 135 cm³/mol. The first-order chi connectivity index (χ1) is 15.1. The molecule has 6 heteroatoms. The van der Waals surface area contributed by atoms with Crippen LogP contribution in [0.1, 0.15) is 49.0 Å². The molecule has 1 saturated heterocycles. The fraction of sp³-hybridized carbons (Fsp3) is 0.500. The van der Waals surface area contributed by atoms with Crippen LogP contribution in [0.3, 0.4) is 0 Å². The van der Waals surface area contributed by atoms with Crippen molar-refractivity contribution >= 4 is 24.0 Å². The minimum atomic E-state index is 0. The largest absolute Gasteiger partial charge is 0.497 e. The summed E-state index contributed by atoms with van der Waals surface area (Å²) in [5, 5.41) is 3.61. The van der Waals surface area contributed by atoms with Gasteiger partial charge in [0.25, 0.3) is 5.91 Å². The quantitative estimate of drug-likeness (QED) is 0.507. The molecule has 1 unspecified atom stereocenters. The molecule has 0 aromatic heterocycles. The van der Waals surface area contributed by atoms with Crippen LogP contribution < -0.4 is 10.1 Å². The van der Waals surface area contributed by atoms with Crippen molar-refractivity contribution in [3.8, 4) is 5.75 Å². The summed E-state index contributed by atoms with van der Waals surface area (Å²) in [4.78, 5) is 17.0. The molecular weight excluding hydrogens is 422 g/mol. The zero-order chi connectivity index (χ0) is 22.1. The molecule has 0 radical (unpaired) electrons. The van der Waals surface area contributed by atoms with Gasteiger partial charge in [0.05, 0.1) is 7.11 Å². The number of anilines is 1. The topological polar surface area (TPSA) is 44.8 Å². The molecule has 1 atom stereocenters. The summed E-state index contributed by atoms with van der Waals surface area (Å²) in [7, 11) is 1.72. The van der Waals surface area contributed by atoms with Crippen molar-refractivity contribution in [1.82, 2.24) is 9.80 Å². The lowest BCUT2D eigenvalue weighted by molar-refractivity contribution is 0.0773. The molecule has 1 amide bonds. The molecule has 0 spiro atoms. The van der Waals surface area contributed by atoms with Crippen molar-refractivity contribution in [3.63, 3.8) is 0 Å². The van der Waals surface area contributed by atoms with E-state index in [0.717, 1.165) is 49.5 Å². The Morgan fingerprint density at radius 2 is 1.78 bits per heavy atom. The van der Waals surface area contributed by atoms with Crippen LogP contribution in [0.2, 0.25) is 0 Å². The van der Waals surface area contributed by atoms with E-state index in [2.05, 4.69) is 28.4 Å². The van der Waals surface area contributed by atoms with Crippen LogP contribution in [0.25, 0.3) is 0 Å². The van der Waals surface area contributed by atoms with Gasteiger partial charge in [-0.05, 0) is 94.6 Å². The van der Waals surface area contributed by atoms with Crippen LogP contribution in [0.5, 0.6) is 5.75 Å². The zero-order valence-electron chi connectivity index (χ0n) is 19.7. The molecule has 5 nitrogen and oxygen atoms in total. The number of methoxy groups -OCH3 is 1. The summed E-state index contributed by atoms with van der Waals surface area (Å²) in [5.41, 5.74) is 3.15. The summed E-state index contributed by atoms with van der Waals surface area (Å²) >= 11 is 0. The predicted octanol–water partition coefficient (Wildman–Crippen LogP) is 5.11. The summed E-state index contributed by atoms with van der Waals surface area (Å²) in [6.07, 6.45) is 4.73. The average molecular weight is 460 g/mol. The van der Waals surface area contributed by atoms with Gasteiger partial charge in [0.2, 0.25) is 0 Å². The Bertz CT molecular complexity index is 818. The van der Waals surface area contributed by atoms with E-state index in [9.17, 15) is 4.79 Å². The molecule has 176 valence electrons. The number of amides is 1. The number of hydrogen-bond donors (Lipinski definition) is 1. The van der Waals surface area contributed by atoms with Gasteiger partial charge in [-0.25, -0.2) is 0 Å². The van der Waals surface area contributed by atoms with Gasteiger partial charge in [-0.15, -0.1) is 12.4 Å². The van der Waals surface area contributed by atoms with Crippen molar-refractivity contribution < 1.29 is 9.53 Å². The lowest BCUT2D eigenvalue weighted by atomic mass is 10.0. The van der Waals surface area contributed by atoms with Crippen molar-refractivity contribution in [2.75, 3.05) is 45.2 Å². The Kier molecular flexibility index (Phi) is 10.8. The summed E-state index contributed by atoms with van der Waals surface area (Å²) in [6.45, 7) is 8.78. The lowest BCUT2D eigenvalue weighted by Gasteiger charge is -2.28. The number of hydrogen-bond acceptors (Lipinski definition) is 4. The fourth-order valence-corrected chi connectivity index (χ4v) is 4.34. The SMILES string of the molecule is CCN(CC)C(=O)c1ccc(NCC(CCc2cccc(OC)c2)N2CCCC2)cc1.Cl. The molecule has 0 bridgehead atoms. The van der Waals surface area contributed by atoms with Gasteiger partial charge in [0.1, 0.15) is 5.75 Å². The molecule has 1 heterocycles. The first-order valence-corrected chi connectivity index (χ1v) is 11.6. The van der Waals surface area contributed by atoms with E-state index in [1.54, 1.807) is 7.11 Å². The number of benzene rings is 2. The highest BCUT2D eigenvalue weighted by Gasteiger charge is 2.22. The second kappa shape index (κ2) is 13.3. The number of likely N-dealkylation sites (tertiary alicyclic amines) is 1. The average Bonchev–Trinajstić information content (AvgIpc) is 3.35. The first kappa shape index (κ1) is 26.0. The fourth-order valence-electron chi connectivity index (χ4n) is 4.34. The number of rotatable bonds is 11. The second-order valence-electron chi connectivity index (χ2n) is 8.22. The van der Waals surface area contributed by atoms with Crippen molar-refractivity contribution in [3.05, 3.63) is 59.7 Å². The molecule has 3 rings (SSSR count).